The highest BCUT2D eigenvalue weighted by Crippen LogP contribution is 2.29. The van der Waals surface area contributed by atoms with Gasteiger partial charge in [0.2, 0.25) is 5.91 Å². The Labute approximate surface area is 120 Å². The van der Waals surface area contributed by atoms with Gasteiger partial charge in [-0.1, -0.05) is 30.3 Å². The zero-order valence-electron chi connectivity index (χ0n) is 11.5. The van der Waals surface area contributed by atoms with Crippen LogP contribution in [0.2, 0.25) is 0 Å². The van der Waals surface area contributed by atoms with E-state index in [1.165, 1.54) is 7.11 Å². The second-order valence-corrected chi connectivity index (χ2v) is 4.85. The molecule has 1 aromatic carbocycles. The van der Waals surface area contributed by atoms with Crippen molar-refractivity contribution in [2.75, 3.05) is 20.2 Å². The summed E-state index contributed by atoms with van der Waals surface area (Å²) in [6.07, 6.45) is -1.15. The number of nitrogens with zero attached hydrogens (tertiary/aromatic N) is 1. The highest BCUT2D eigenvalue weighted by Gasteiger charge is 2.42. The van der Waals surface area contributed by atoms with E-state index >= 15 is 0 Å². The summed E-state index contributed by atoms with van der Waals surface area (Å²) in [5.41, 5.74) is 0.517. The highest BCUT2D eigenvalue weighted by molar-refractivity contribution is 5.87. The van der Waals surface area contributed by atoms with Gasteiger partial charge < -0.3 is 15.0 Å². The number of alkyl halides is 2. The molecule has 1 heterocycles. The fourth-order valence-electron chi connectivity index (χ4n) is 2.22. The van der Waals surface area contributed by atoms with Gasteiger partial charge in [0.1, 0.15) is 6.04 Å². The number of alkyl carbamates (subject to hydrolysis) is 1. The molecule has 1 N–H and O–H groups in total. The second kappa shape index (κ2) is 6.07. The number of halogens is 2. The monoisotopic (exact) mass is 298 g/mol. The van der Waals surface area contributed by atoms with Crippen molar-refractivity contribution in [3.8, 4) is 0 Å². The van der Waals surface area contributed by atoms with Gasteiger partial charge in [-0.15, -0.1) is 0 Å². The zero-order chi connectivity index (χ0) is 15.5. The lowest BCUT2D eigenvalue weighted by molar-refractivity contribution is -0.134. The molecule has 0 bridgehead atoms. The summed E-state index contributed by atoms with van der Waals surface area (Å²) in [6.45, 7) is -0.657. The number of amides is 2. The van der Waals surface area contributed by atoms with Crippen molar-refractivity contribution in [3.63, 3.8) is 0 Å². The molecule has 21 heavy (non-hydrogen) atoms. The Morgan fingerprint density at radius 2 is 2.00 bits per heavy atom. The van der Waals surface area contributed by atoms with Crippen molar-refractivity contribution in [3.05, 3.63) is 35.9 Å². The largest absolute Gasteiger partial charge is 0.453 e. The van der Waals surface area contributed by atoms with Crippen LogP contribution in [0.25, 0.3) is 0 Å². The van der Waals surface area contributed by atoms with E-state index in [4.69, 9.17) is 0 Å². The lowest BCUT2D eigenvalue weighted by Gasteiger charge is -2.24. The number of carbonyl (C=O) groups excluding carboxylic acids is 2. The van der Waals surface area contributed by atoms with Gasteiger partial charge in [0.25, 0.3) is 5.92 Å². The van der Waals surface area contributed by atoms with Gasteiger partial charge in [-0.2, -0.15) is 0 Å². The first-order valence-electron chi connectivity index (χ1n) is 6.49. The third-order valence-corrected chi connectivity index (χ3v) is 3.31. The molecule has 0 unspecified atom stereocenters. The second-order valence-electron chi connectivity index (χ2n) is 4.85. The number of carbonyl (C=O) groups is 2. The Morgan fingerprint density at radius 1 is 1.33 bits per heavy atom. The van der Waals surface area contributed by atoms with Crippen LogP contribution in [0, 0.1) is 0 Å². The Balaban J connectivity index is 2.19. The van der Waals surface area contributed by atoms with Gasteiger partial charge in [0.05, 0.1) is 13.7 Å². The zero-order valence-corrected chi connectivity index (χ0v) is 11.5. The third kappa shape index (κ3) is 3.68. The fraction of sp³-hybridized carbons (Fsp3) is 0.429. The molecule has 1 aromatic rings. The summed E-state index contributed by atoms with van der Waals surface area (Å²) in [5, 5.41) is 2.39. The van der Waals surface area contributed by atoms with Gasteiger partial charge in [-0.05, 0) is 5.56 Å². The van der Waals surface area contributed by atoms with Crippen molar-refractivity contribution in [2.45, 2.75) is 18.4 Å². The predicted molar refractivity (Wildman–Crippen MR) is 70.9 cm³/mol. The molecule has 0 spiro atoms. The van der Waals surface area contributed by atoms with Crippen LogP contribution in [0.1, 0.15) is 18.0 Å². The van der Waals surface area contributed by atoms with E-state index in [0.29, 0.717) is 5.56 Å². The van der Waals surface area contributed by atoms with Gasteiger partial charge in [-0.25, -0.2) is 13.6 Å². The SMILES string of the molecule is COC(=O)N[C@@H](C(=O)N1CCC(F)(F)C1)c1ccccc1. The fourth-order valence-corrected chi connectivity index (χ4v) is 2.22. The third-order valence-electron chi connectivity index (χ3n) is 3.31. The van der Waals surface area contributed by atoms with Crippen molar-refractivity contribution in [1.29, 1.82) is 0 Å². The first-order chi connectivity index (χ1) is 9.93. The Bertz CT molecular complexity index is 522. The quantitative estimate of drug-likeness (QED) is 0.928. The molecule has 2 rings (SSSR count). The summed E-state index contributed by atoms with van der Waals surface area (Å²) in [7, 11) is 1.17. The molecule has 0 radical (unpaired) electrons. The molecule has 0 aliphatic carbocycles. The Kier molecular flexibility index (Phi) is 4.40. The van der Waals surface area contributed by atoms with E-state index in [2.05, 4.69) is 10.1 Å². The maximum absolute atomic E-state index is 13.2. The van der Waals surface area contributed by atoms with Gasteiger partial charge >= 0.3 is 6.09 Å². The number of ether oxygens (including phenoxy) is 1. The molecule has 5 nitrogen and oxygen atoms in total. The van der Waals surface area contributed by atoms with E-state index < -0.39 is 30.5 Å². The van der Waals surface area contributed by atoms with Gasteiger partial charge in [0, 0.05) is 13.0 Å². The molecule has 1 fully saturated rings. The van der Waals surface area contributed by atoms with Crippen LogP contribution in [0.15, 0.2) is 30.3 Å². The molecular formula is C14H16F2N2O3. The van der Waals surface area contributed by atoms with Crippen LogP contribution >= 0.6 is 0 Å². The average molecular weight is 298 g/mol. The van der Waals surface area contributed by atoms with Crippen LogP contribution in [0.5, 0.6) is 0 Å². The van der Waals surface area contributed by atoms with Crippen molar-refractivity contribution in [2.24, 2.45) is 0 Å². The predicted octanol–water partition coefficient (Wildman–Crippen LogP) is 1.95. The highest BCUT2D eigenvalue weighted by atomic mass is 19.3. The number of rotatable bonds is 3. The van der Waals surface area contributed by atoms with Gasteiger partial charge in [-0.3, -0.25) is 4.79 Å². The van der Waals surface area contributed by atoms with Crippen LogP contribution < -0.4 is 5.32 Å². The minimum atomic E-state index is -2.87. The smallest absolute Gasteiger partial charge is 0.407 e. The minimum Gasteiger partial charge on any atom is -0.453 e. The normalized spacial score (nSPS) is 18.1. The summed E-state index contributed by atoms with van der Waals surface area (Å²) in [4.78, 5) is 24.9. The van der Waals surface area contributed by atoms with E-state index in [0.717, 1.165) is 4.90 Å². The molecule has 2 amide bonds. The van der Waals surface area contributed by atoms with Crippen molar-refractivity contribution < 1.29 is 23.1 Å². The number of nitrogens with one attached hydrogen (secondary N) is 1. The van der Waals surface area contributed by atoms with E-state index in [1.807, 2.05) is 0 Å². The number of hydrogen-bond donors (Lipinski definition) is 1. The van der Waals surface area contributed by atoms with Crippen molar-refractivity contribution in [1.82, 2.24) is 10.2 Å². The first kappa shape index (κ1) is 15.2. The molecule has 1 aliphatic rings. The molecule has 1 aliphatic heterocycles. The van der Waals surface area contributed by atoms with Crippen molar-refractivity contribution >= 4 is 12.0 Å². The van der Waals surface area contributed by atoms with Gasteiger partial charge in [0.15, 0.2) is 0 Å². The molecule has 0 aromatic heterocycles. The summed E-state index contributed by atoms with van der Waals surface area (Å²) >= 11 is 0. The average Bonchev–Trinajstić information content (AvgIpc) is 2.85. The van der Waals surface area contributed by atoms with Crippen LogP contribution in [0.4, 0.5) is 13.6 Å². The Hall–Kier alpha value is -2.18. The lowest BCUT2D eigenvalue weighted by Crippen LogP contribution is -2.42. The first-order valence-corrected chi connectivity index (χ1v) is 6.49. The van der Waals surface area contributed by atoms with Crippen LogP contribution in [-0.4, -0.2) is 43.0 Å². The maximum Gasteiger partial charge on any atom is 0.407 e. The van der Waals surface area contributed by atoms with Crippen LogP contribution in [-0.2, 0) is 9.53 Å². The van der Waals surface area contributed by atoms with E-state index in [9.17, 15) is 18.4 Å². The molecule has 7 heteroatoms. The molecular weight excluding hydrogens is 282 g/mol. The summed E-state index contributed by atoms with van der Waals surface area (Å²) < 4.78 is 31.0. The standard InChI is InChI=1S/C14H16F2N2O3/c1-21-13(20)17-11(10-5-3-2-4-6-10)12(19)18-8-7-14(15,16)9-18/h2-6,11H,7-9H2,1H3,(H,17,20)/t11-/m1/s1. The number of methoxy groups -OCH3 is 1. The molecule has 0 saturated carbocycles. The minimum absolute atomic E-state index is 0.0297. The molecule has 114 valence electrons. The van der Waals surface area contributed by atoms with E-state index in [1.54, 1.807) is 30.3 Å². The summed E-state index contributed by atoms with van der Waals surface area (Å²) in [5.74, 6) is -3.44. The maximum atomic E-state index is 13.2. The molecule has 1 saturated heterocycles. The van der Waals surface area contributed by atoms with Crippen LogP contribution in [0.3, 0.4) is 0 Å². The number of hydrogen-bond acceptors (Lipinski definition) is 3. The topological polar surface area (TPSA) is 58.6 Å². The van der Waals surface area contributed by atoms with E-state index in [-0.39, 0.29) is 13.0 Å². The molecule has 1 atom stereocenters. The lowest BCUT2D eigenvalue weighted by atomic mass is 10.1. The Morgan fingerprint density at radius 3 is 2.52 bits per heavy atom. The number of likely N-dealkylation sites (tertiary alicyclic amines) is 1. The number of benzene rings is 1. The summed E-state index contributed by atoms with van der Waals surface area (Å²) in [6, 6.07) is 7.42.